The average molecular weight is 235 g/mol. The Balaban J connectivity index is 0.00000128. The van der Waals surface area contributed by atoms with Crippen molar-refractivity contribution < 1.29 is 0 Å². The van der Waals surface area contributed by atoms with Crippen LogP contribution in [0.1, 0.15) is 0 Å². The Kier molecular flexibility index (Phi) is 4.20. The lowest BCUT2D eigenvalue weighted by atomic mass is 10.2. The highest BCUT2D eigenvalue weighted by atomic mass is 35.5. The second-order valence-electron chi connectivity index (χ2n) is 3.49. The Labute approximate surface area is 102 Å². The van der Waals surface area contributed by atoms with Crippen molar-refractivity contribution in [1.82, 2.24) is 0 Å². The molecule has 0 fully saturated rings. The third kappa shape index (κ3) is 2.67. The van der Waals surface area contributed by atoms with Crippen LogP contribution in [-0.4, -0.2) is 7.05 Å². The summed E-state index contributed by atoms with van der Waals surface area (Å²) in [6.07, 6.45) is 0. The van der Waals surface area contributed by atoms with Crippen molar-refractivity contribution in [2.24, 2.45) is 0 Å². The third-order valence-electron chi connectivity index (χ3n) is 2.42. The topological polar surface area (TPSA) is 29.3 Å². The zero-order chi connectivity index (χ0) is 10.7. The fourth-order valence-corrected chi connectivity index (χ4v) is 1.50. The molecule has 2 N–H and O–H groups in total. The molecule has 16 heavy (non-hydrogen) atoms. The zero-order valence-corrected chi connectivity index (χ0v) is 9.95. The minimum Gasteiger partial charge on any atom is -0.399 e. The molecule has 0 radical (unpaired) electrons. The van der Waals surface area contributed by atoms with Crippen LogP contribution < -0.4 is 10.6 Å². The fraction of sp³-hybridized carbons (Fsp3) is 0.0769. The summed E-state index contributed by atoms with van der Waals surface area (Å²) < 4.78 is 0. The van der Waals surface area contributed by atoms with Crippen molar-refractivity contribution in [3.63, 3.8) is 0 Å². The predicted molar refractivity (Wildman–Crippen MR) is 72.6 cm³/mol. The number of nitrogens with two attached hydrogens (primary N) is 1. The van der Waals surface area contributed by atoms with E-state index < -0.39 is 0 Å². The number of hydrogen-bond acceptors (Lipinski definition) is 2. The van der Waals surface area contributed by atoms with Gasteiger partial charge in [0.1, 0.15) is 0 Å². The van der Waals surface area contributed by atoms with Gasteiger partial charge in [-0.25, -0.2) is 0 Å². The van der Waals surface area contributed by atoms with E-state index >= 15 is 0 Å². The predicted octanol–water partition coefficient (Wildman–Crippen LogP) is 3.46. The molecule has 0 aliphatic rings. The van der Waals surface area contributed by atoms with Crippen LogP contribution in [0.5, 0.6) is 0 Å². The number of halogens is 1. The molecule has 0 saturated carbocycles. The first kappa shape index (κ1) is 12.4. The van der Waals surface area contributed by atoms with E-state index in [1.165, 1.54) is 5.69 Å². The van der Waals surface area contributed by atoms with Gasteiger partial charge in [0.15, 0.2) is 0 Å². The van der Waals surface area contributed by atoms with E-state index in [-0.39, 0.29) is 12.4 Å². The van der Waals surface area contributed by atoms with E-state index in [0.29, 0.717) is 0 Å². The van der Waals surface area contributed by atoms with Gasteiger partial charge in [-0.3, -0.25) is 0 Å². The van der Waals surface area contributed by atoms with E-state index in [0.717, 1.165) is 11.4 Å². The van der Waals surface area contributed by atoms with Crippen LogP contribution in [-0.2, 0) is 0 Å². The van der Waals surface area contributed by atoms with Crippen LogP contribution in [0.3, 0.4) is 0 Å². The Bertz CT molecular complexity index is 425. The number of nitrogen functional groups attached to an aromatic ring is 1. The van der Waals surface area contributed by atoms with Crippen LogP contribution in [0, 0.1) is 0 Å². The summed E-state index contributed by atoms with van der Waals surface area (Å²) in [5.74, 6) is 0. The number of hydrogen-bond donors (Lipinski definition) is 1. The van der Waals surface area contributed by atoms with E-state index in [1.807, 2.05) is 49.5 Å². The molecule has 2 aromatic carbocycles. The molecular weight excluding hydrogens is 220 g/mol. The SMILES string of the molecule is CN(c1ccccc1)c1ccc(N)cc1.Cl. The van der Waals surface area contributed by atoms with Gasteiger partial charge in [0.25, 0.3) is 0 Å². The van der Waals surface area contributed by atoms with Gasteiger partial charge >= 0.3 is 0 Å². The molecule has 0 aliphatic carbocycles. The quantitative estimate of drug-likeness (QED) is 0.807. The lowest BCUT2D eigenvalue weighted by Gasteiger charge is -2.19. The standard InChI is InChI=1S/C13H14N2.ClH/c1-15(12-5-3-2-4-6-12)13-9-7-11(14)8-10-13;/h2-10H,14H2,1H3;1H. The normalized spacial score (nSPS) is 9.31. The van der Waals surface area contributed by atoms with Gasteiger partial charge in [0, 0.05) is 24.1 Å². The monoisotopic (exact) mass is 234 g/mol. The Morgan fingerprint density at radius 2 is 1.31 bits per heavy atom. The first-order chi connectivity index (χ1) is 7.27. The Hall–Kier alpha value is -1.67. The third-order valence-corrected chi connectivity index (χ3v) is 2.42. The number of benzene rings is 2. The lowest BCUT2D eigenvalue weighted by Crippen LogP contribution is -2.08. The summed E-state index contributed by atoms with van der Waals surface area (Å²) in [6, 6.07) is 18.1. The van der Waals surface area contributed by atoms with Crippen molar-refractivity contribution in [1.29, 1.82) is 0 Å². The molecule has 0 saturated heterocycles. The molecule has 0 heterocycles. The summed E-state index contributed by atoms with van der Waals surface area (Å²) in [5, 5.41) is 0. The largest absolute Gasteiger partial charge is 0.399 e. The van der Waals surface area contributed by atoms with Gasteiger partial charge in [0.2, 0.25) is 0 Å². The van der Waals surface area contributed by atoms with Gasteiger partial charge in [-0.1, -0.05) is 18.2 Å². The molecule has 2 rings (SSSR count). The van der Waals surface area contributed by atoms with Crippen molar-refractivity contribution >= 4 is 29.5 Å². The fourth-order valence-electron chi connectivity index (χ4n) is 1.50. The number of rotatable bonds is 2. The summed E-state index contributed by atoms with van der Waals surface area (Å²) >= 11 is 0. The minimum absolute atomic E-state index is 0. The van der Waals surface area contributed by atoms with Crippen LogP contribution in [0.4, 0.5) is 17.1 Å². The van der Waals surface area contributed by atoms with Gasteiger partial charge in [-0.05, 0) is 36.4 Å². The molecule has 0 amide bonds. The van der Waals surface area contributed by atoms with Crippen LogP contribution in [0.2, 0.25) is 0 Å². The summed E-state index contributed by atoms with van der Waals surface area (Å²) in [7, 11) is 2.04. The van der Waals surface area contributed by atoms with Crippen molar-refractivity contribution in [2.75, 3.05) is 17.7 Å². The maximum Gasteiger partial charge on any atom is 0.0409 e. The second kappa shape index (κ2) is 5.42. The van der Waals surface area contributed by atoms with Gasteiger partial charge in [-0.2, -0.15) is 0 Å². The molecular formula is C13H15ClN2. The molecule has 0 atom stereocenters. The molecule has 84 valence electrons. The second-order valence-corrected chi connectivity index (χ2v) is 3.49. The summed E-state index contributed by atoms with van der Waals surface area (Å²) in [4.78, 5) is 2.12. The van der Waals surface area contributed by atoms with Crippen LogP contribution >= 0.6 is 12.4 Å². The molecule has 2 nitrogen and oxygen atoms in total. The van der Waals surface area contributed by atoms with Gasteiger partial charge in [-0.15, -0.1) is 12.4 Å². The number of para-hydroxylation sites is 1. The molecule has 0 unspecified atom stereocenters. The highest BCUT2D eigenvalue weighted by Gasteiger charge is 2.01. The van der Waals surface area contributed by atoms with E-state index in [2.05, 4.69) is 17.0 Å². The number of anilines is 3. The number of nitrogens with zero attached hydrogens (tertiary/aromatic N) is 1. The zero-order valence-electron chi connectivity index (χ0n) is 9.13. The molecule has 0 bridgehead atoms. The molecule has 0 aromatic heterocycles. The van der Waals surface area contributed by atoms with Crippen molar-refractivity contribution in [3.05, 3.63) is 54.6 Å². The van der Waals surface area contributed by atoms with E-state index in [4.69, 9.17) is 5.73 Å². The minimum atomic E-state index is 0. The summed E-state index contributed by atoms with van der Waals surface area (Å²) in [5.41, 5.74) is 8.74. The van der Waals surface area contributed by atoms with E-state index in [1.54, 1.807) is 0 Å². The molecule has 0 spiro atoms. The average Bonchev–Trinajstić information content (AvgIpc) is 2.30. The van der Waals surface area contributed by atoms with Gasteiger partial charge < -0.3 is 10.6 Å². The molecule has 0 aliphatic heterocycles. The Morgan fingerprint density at radius 1 is 0.812 bits per heavy atom. The van der Waals surface area contributed by atoms with E-state index in [9.17, 15) is 0 Å². The van der Waals surface area contributed by atoms with Gasteiger partial charge in [0.05, 0.1) is 0 Å². The smallest absolute Gasteiger partial charge is 0.0409 e. The maximum absolute atomic E-state index is 5.65. The Morgan fingerprint density at radius 3 is 1.88 bits per heavy atom. The molecule has 3 heteroatoms. The lowest BCUT2D eigenvalue weighted by molar-refractivity contribution is 1.21. The summed E-state index contributed by atoms with van der Waals surface area (Å²) in [6.45, 7) is 0. The van der Waals surface area contributed by atoms with Crippen LogP contribution in [0.25, 0.3) is 0 Å². The highest BCUT2D eigenvalue weighted by Crippen LogP contribution is 2.23. The van der Waals surface area contributed by atoms with Crippen molar-refractivity contribution in [3.8, 4) is 0 Å². The van der Waals surface area contributed by atoms with Crippen molar-refractivity contribution in [2.45, 2.75) is 0 Å². The first-order valence-electron chi connectivity index (χ1n) is 4.92. The maximum atomic E-state index is 5.65. The first-order valence-corrected chi connectivity index (χ1v) is 4.92. The van der Waals surface area contributed by atoms with Crippen LogP contribution in [0.15, 0.2) is 54.6 Å². The highest BCUT2D eigenvalue weighted by molar-refractivity contribution is 5.85. The molecule has 2 aromatic rings.